The van der Waals surface area contributed by atoms with E-state index < -0.39 is 6.61 Å². The number of nitrogens with zero attached hydrogens (tertiary/aromatic N) is 2. The highest BCUT2D eigenvalue weighted by Gasteiger charge is 2.26. The Labute approximate surface area is 139 Å². The molecule has 0 spiro atoms. The van der Waals surface area contributed by atoms with Gasteiger partial charge >= 0.3 is 0 Å². The number of carbonyl (C=O) groups excluding carboxylic acids is 1. The molecule has 1 aliphatic heterocycles. The summed E-state index contributed by atoms with van der Waals surface area (Å²) in [5.41, 5.74) is 1.53. The highest BCUT2D eigenvalue weighted by Crippen LogP contribution is 2.40. The van der Waals surface area contributed by atoms with E-state index in [1.807, 2.05) is 12.1 Å². The predicted molar refractivity (Wildman–Crippen MR) is 90.4 cm³/mol. The van der Waals surface area contributed by atoms with Crippen molar-refractivity contribution in [1.82, 2.24) is 4.90 Å². The van der Waals surface area contributed by atoms with Crippen LogP contribution in [0.1, 0.15) is 26.3 Å². The molecule has 1 aliphatic rings. The molecule has 1 heterocycles. The van der Waals surface area contributed by atoms with E-state index in [1.54, 1.807) is 4.90 Å². The fourth-order valence-corrected chi connectivity index (χ4v) is 3.14. The number of aromatic hydroxyl groups is 1. The highest BCUT2D eigenvalue weighted by atomic mass is 79.9. The van der Waals surface area contributed by atoms with Gasteiger partial charge in [-0.1, -0.05) is 36.7 Å². The molecule has 1 saturated heterocycles. The summed E-state index contributed by atoms with van der Waals surface area (Å²) in [5.74, 6) is 0.0612. The molecule has 1 fully saturated rings. The van der Waals surface area contributed by atoms with Crippen LogP contribution in [0.5, 0.6) is 5.75 Å². The minimum absolute atomic E-state index is 0.155. The molecule has 0 atom stereocenters. The third kappa shape index (κ3) is 3.55. The number of hydrogen-bond donors (Lipinski definition) is 2. The number of benzene rings is 1. The van der Waals surface area contributed by atoms with Gasteiger partial charge in [0.2, 0.25) is 5.91 Å². The van der Waals surface area contributed by atoms with Crippen molar-refractivity contribution in [1.29, 1.82) is 0 Å². The first-order valence-electron chi connectivity index (χ1n) is 7.40. The maximum atomic E-state index is 11.5. The first-order valence-corrected chi connectivity index (χ1v) is 8.20. The normalized spacial score (nSPS) is 16.0. The Morgan fingerprint density at radius 2 is 1.82 bits per heavy atom. The Bertz CT molecular complexity index is 561. The van der Waals surface area contributed by atoms with Crippen molar-refractivity contribution in [3.8, 4) is 5.75 Å². The van der Waals surface area contributed by atoms with Crippen molar-refractivity contribution < 1.29 is 15.0 Å². The van der Waals surface area contributed by atoms with E-state index in [-0.39, 0.29) is 11.3 Å². The van der Waals surface area contributed by atoms with Gasteiger partial charge in [-0.25, -0.2) is 0 Å². The van der Waals surface area contributed by atoms with Crippen molar-refractivity contribution in [2.75, 3.05) is 37.7 Å². The fourth-order valence-electron chi connectivity index (χ4n) is 2.69. The summed E-state index contributed by atoms with van der Waals surface area (Å²) >= 11 is 3.52. The molecule has 5 nitrogen and oxygen atoms in total. The molecular formula is C16H23BrN2O3. The number of aliphatic hydroxyl groups is 1. The summed E-state index contributed by atoms with van der Waals surface area (Å²) < 4.78 is 0.930. The summed E-state index contributed by atoms with van der Waals surface area (Å²) in [6.45, 7) is 8.13. The molecule has 1 aromatic carbocycles. The zero-order chi connectivity index (χ0) is 16.5. The van der Waals surface area contributed by atoms with Gasteiger partial charge in [-0.05, 0) is 17.5 Å². The van der Waals surface area contributed by atoms with E-state index >= 15 is 0 Å². The molecule has 1 amide bonds. The summed E-state index contributed by atoms with van der Waals surface area (Å²) in [5, 5.41) is 19.6. The number of hydrogen-bond acceptors (Lipinski definition) is 4. The number of phenolic OH excluding ortho intramolecular Hbond substituents is 1. The Hall–Kier alpha value is -1.27. The van der Waals surface area contributed by atoms with E-state index in [1.165, 1.54) is 0 Å². The lowest BCUT2D eigenvalue weighted by molar-refractivity contribution is -0.134. The van der Waals surface area contributed by atoms with E-state index in [0.29, 0.717) is 31.9 Å². The molecule has 0 saturated carbocycles. The number of halogens is 1. The third-order valence-corrected chi connectivity index (χ3v) is 4.43. The lowest BCUT2D eigenvalue weighted by Gasteiger charge is -2.37. The molecule has 2 N–H and O–H groups in total. The standard InChI is InChI=1S/C16H23BrN2O3/c1-16(2,3)12-8-11(17)9-13(15(12)22)18-4-6-19(7-5-18)14(21)10-20/h8-9,20,22H,4-7,10H2,1-3H3. The van der Waals surface area contributed by atoms with E-state index in [2.05, 4.69) is 41.6 Å². The summed E-state index contributed by atoms with van der Waals surface area (Å²) in [4.78, 5) is 15.2. The first-order chi connectivity index (χ1) is 10.2. The number of carbonyl (C=O) groups is 1. The summed E-state index contributed by atoms with van der Waals surface area (Å²) in [6.07, 6.45) is 0. The zero-order valence-electron chi connectivity index (χ0n) is 13.3. The average molecular weight is 371 g/mol. The Morgan fingerprint density at radius 1 is 1.23 bits per heavy atom. The number of anilines is 1. The molecule has 2 rings (SSSR count). The third-order valence-electron chi connectivity index (χ3n) is 3.97. The van der Waals surface area contributed by atoms with Crippen molar-refractivity contribution in [3.63, 3.8) is 0 Å². The number of amides is 1. The van der Waals surface area contributed by atoms with Gasteiger partial charge in [0.25, 0.3) is 0 Å². The maximum Gasteiger partial charge on any atom is 0.248 e. The van der Waals surface area contributed by atoms with Crippen LogP contribution in [0.15, 0.2) is 16.6 Å². The highest BCUT2D eigenvalue weighted by molar-refractivity contribution is 9.10. The van der Waals surface area contributed by atoms with Gasteiger partial charge in [-0.2, -0.15) is 0 Å². The van der Waals surface area contributed by atoms with Crippen molar-refractivity contribution in [3.05, 3.63) is 22.2 Å². The van der Waals surface area contributed by atoms with Gasteiger partial charge in [-0.3, -0.25) is 4.79 Å². The SMILES string of the molecule is CC(C)(C)c1cc(Br)cc(N2CCN(C(=O)CO)CC2)c1O. The predicted octanol–water partition coefficient (Wildman–Crippen LogP) is 2.09. The van der Waals surface area contributed by atoms with E-state index in [4.69, 9.17) is 5.11 Å². The Kier molecular flexibility index (Phi) is 5.02. The second-order valence-corrected chi connectivity index (χ2v) is 7.51. The summed E-state index contributed by atoms with van der Waals surface area (Å²) in [7, 11) is 0. The molecule has 0 radical (unpaired) electrons. The Morgan fingerprint density at radius 3 is 2.32 bits per heavy atom. The molecule has 122 valence electrons. The molecule has 0 aromatic heterocycles. The largest absolute Gasteiger partial charge is 0.505 e. The van der Waals surface area contributed by atoms with Gasteiger partial charge in [0.05, 0.1) is 5.69 Å². The minimum Gasteiger partial charge on any atom is -0.505 e. The van der Waals surface area contributed by atoms with Gasteiger partial charge in [0.1, 0.15) is 12.4 Å². The van der Waals surface area contributed by atoms with Crippen LogP contribution < -0.4 is 4.90 Å². The second kappa shape index (κ2) is 6.46. The smallest absolute Gasteiger partial charge is 0.248 e. The quantitative estimate of drug-likeness (QED) is 0.836. The molecule has 0 aliphatic carbocycles. The molecule has 0 bridgehead atoms. The molecule has 1 aromatic rings. The monoisotopic (exact) mass is 370 g/mol. The van der Waals surface area contributed by atoms with Crippen molar-refractivity contribution in [2.24, 2.45) is 0 Å². The topological polar surface area (TPSA) is 64.0 Å². The van der Waals surface area contributed by atoms with Gasteiger partial charge in [0, 0.05) is 36.2 Å². The average Bonchev–Trinajstić information content (AvgIpc) is 2.47. The Balaban J connectivity index is 2.24. The number of phenols is 1. The number of rotatable bonds is 2. The summed E-state index contributed by atoms with van der Waals surface area (Å²) in [6, 6.07) is 3.86. The van der Waals surface area contributed by atoms with Crippen LogP contribution >= 0.6 is 15.9 Å². The number of piperazine rings is 1. The van der Waals surface area contributed by atoms with Crippen LogP contribution in [0.25, 0.3) is 0 Å². The maximum absolute atomic E-state index is 11.5. The molecule has 0 unspecified atom stereocenters. The van der Waals surface area contributed by atoms with Gasteiger partial charge in [0.15, 0.2) is 0 Å². The van der Waals surface area contributed by atoms with E-state index in [9.17, 15) is 9.90 Å². The van der Waals surface area contributed by atoms with Gasteiger partial charge < -0.3 is 20.0 Å². The van der Waals surface area contributed by atoms with Crippen LogP contribution in [0.2, 0.25) is 0 Å². The molecule has 22 heavy (non-hydrogen) atoms. The lowest BCUT2D eigenvalue weighted by atomic mass is 9.86. The van der Waals surface area contributed by atoms with Gasteiger partial charge in [-0.15, -0.1) is 0 Å². The van der Waals surface area contributed by atoms with Crippen LogP contribution in [-0.4, -0.2) is 53.8 Å². The minimum atomic E-state index is -0.448. The van der Waals surface area contributed by atoms with Crippen molar-refractivity contribution in [2.45, 2.75) is 26.2 Å². The first kappa shape index (κ1) is 17.1. The molecular weight excluding hydrogens is 348 g/mol. The lowest BCUT2D eigenvalue weighted by Crippen LogP contribution is -2.49. The number of aliphatic hydroxyl groups excluding tert-OH is 1. The van der Waals surface area contributed by atoms with Crippen molar-refractivity contribution >= 4 is 27.5 Å². The molecule has 6 heteroatoms. The van der Waals surface area contributed by atoms with Crippen LogP contribution in [0, 0.1) is 0 Å². The fraction of sp³-hybridized carbons (Fsp3) is 0.562. The van der Waals surface area contributed by atoms with Crippen LogP contribution in [0.3, 0.4) is 0 Å². The second-order valence-electron chi connectivity index (χ2n) is 6.60. The van der Waals surface area contributed by atoms with Crippen LogP contribution in [-0.2, 0) is 10.2 Å². The van der Waals surface area contributed by atoms with Crippen LogP contribution in [0.4, 0.5) is 5.69 Å². The zero-order valence-corrected chi connectivity index (χ0v) is 14.9. The van der Waals surface area contributed by atoms with E-state index in [0.717, 1.165) is 15.7 Å².